The summed E-state index contributed by atoms with van der Waals surface area (Å²) in [5, 5.41) is 1.00. The van der Waals surface area contributed by atoms with Gasteiger partial charge in [-0.2, -0.15) is 0 Å². The lowest BCUT2D eigenvalue weighted by Crippen LogP contribution is -2.17. The molecule has 20 heavy (non-hydrogen) atoms. The zero-order chi connectivity index (χ0) is 13.9. The highest BCUT2D eigenvalue weighted by molar-refractivity contribution is 8.03. The smallest absolute Gasteiger partial charge is 0.155 e. The number of carbonyl (C=O) groups excluding carboxylic acids is 1. The van der Waals surface area contributed by atoms with Gasteiger partial charge in [0.15, 0.2) is 5.78 Å². The van der Waals surface area contributed by atoms with Crippen LogP contribution in [0.3, 0.4) is 0 Å². The summed E-state index contributed by atoms with van der Waals surface area (Å²) in [5.74, 6) is 0.0818. The molecule has 0 amide bonds. The fourth-order valence-electron chi connectivity index (χ4n) is 2.26. The van der Waals surface area contributed by atoms with E-state index in [1.165, 1.54) is 16.1 Å². The van der Waals surface area contributed by atoms with E-state index in [-0.39, 0.29) is 5.78 Å². The van der Waals surface area contributed by atoms with Crippen molar-refractivity contribution >= 4 is 23.2 Å². The fraction of sp³-hybridized carbons (Fsp3) is 0.118. The van der Waals surface area contributed by atoms with Gasteiger partial charge in [-0.05, 0) is 24.6 Å². The van der Waals surface area contributed by atoms with Crippen molar-refractivity contribution in [2.75, 3.05) is 4.90 Å². The Balaban J connectivity index is 1.97. The number of carbonyl (C=O) groups is 1. The van der Waals surface area contributed by atoms with E-state index in [0.717, 1.165) is 11.6 Å². The number of hydrogen-bond donors (Lipinski definition) is 0. The molecule has 1 heterocycles. The van der Waals surface area contributed by atoms with Gasteiger partial charge in [-0.15, -0.1) is 0 Å². The van der Waals surface area contributed by atoms with Crippen LogP contribution in [0.5, 0.6) is 0 Å². The predicted octanol–water partition coefficient (Wildman–Crippen LogP) is 4.23. The van der Waals surface area contributed by atoms with E-state index in [1.54, 1.807) is 24.8 Å². The molecule has 0 unspecified atom stereocenters. The molecule has 0 fully saturated rings. The molecule has 0 bridgehead atoms. The number of thioether (sulfide) groups is 1. The Morgan fingerprint density at radius 3 is 2.55 bits per heavy atom. The van der Waals surface area contributed by atoms with E-state index in [1.807, 2.05) is 30.3 Å². The molecule has 2 nitrogen and oxygen atoms in total. The van der Waals surface area contributed by atoms with Crippen molar-refractivity contribution in [2.24, 2.45) is 0 Å². The number of ketones is 1. The van der Waals surface area contributed by atoms with Crippen LogP contribution in [0.2, 0.25) is 0 Å². The van der Waals surface area contributed by atoms with Crippen molar-refractivity contribution in [3.05, 3.63) is 71.3 Å². The van der Waals surface area contributed by atoms with Crippen LogP contribution in [0, 0.1) is 0 Å². The first kappa shape index (κ1) is 13.0. The minimum atomic E-state index is 0.0818. The molecule has 0 saturated carbocycles. The van der Waals surface area contributed by atoms with Crippen molar-refractivity contribution in [3.8, 4) is 0 Å². The monoisotopic (exact) mass is 281 g/mol. The molecule has 2 aromatic carbocycles. The molecule has 0 saturated heterocycles. The van der Waals surface area contributed by atoms with Crippen LogP contribution in [-0.4, -0.2) is 5.78 Å². The van der Waals surface area contributed by atoms with Crippen LogP contribution >= 0.6 is 11.8 Å². The lowest BCUT2D eigenvalue weighted by Gasteiger charge is -2.20. The number of benzene rings is 2. The van der Waals surface area contributed by atoms with Crippen LogP contribution in [0.15, 0.2) is 70.6 Å². The standard InChI is InChI=1S/C17H15NOS/c1-13(19)11-17-18(12-14-7-3-2-4-8-14)15-9-5-6-10-16(15)20-17/h2-11H,12H2,1H3. The van der Waals surface area contributed by atoms with Crippen molar-refractivity contribution in [2.45, 2.75) is 18.4 Å². The fourth-order valence-corrected chi connectivity index (χ4v) is 3.42. The molecule has 2 aromatic rings. The third-order valence-electron chi connectivity index (χ3n) is 3.15. The zero-order valence-electron chi connectivity index (χ0n) is 11.2. The Labute approximate surface area is 123 Å². The number of allylic oxidation sites excluding steroid dienone is 1. The first-order valence-electron chi connectivity index (χ1n) is 6.54. The van der Waals surface area contributed by atoms with E-state index in [9.17, 15) is 4.79 Å². The molecular weight excluding hydrogens is 266 g/mol. The van der Waals surface area contributed by atoms with Crippen molar-refractivity contribution in [1.82, 2.24) is 0 Å². The summed E-state index contributed by atoms with van der Waals surface area (Å²) in [6, 6.07) is 18.6. The molecule has 0 aliphatic carbocycles. The van der Waals surface area contributed by atoms with Crippen molar-refractivity contribution in [3.63, 3.8) is 0 Å². The first-order chi connectivity index (χ1) is 9.74. The van der Waals surface area contributed by atoms with Crippen LogP contribution in [-0.2, 0) is 11.3 Å². The third kappa shape index (κ3) is 2.63. The van der Waals surface area contributed by atoms with Gasteiger partial charge in [-0.25, -0.2) is 0 Å². The molecule has 0 spiro atoms. The van der Waals surface area contributed by atoms with Crippen LogP contribution in [0.1, 0.15) is 12.5 Å². The van der Waals surface area contributed by atoms with E-state index in [2.05, 4.69) is 29.2 Å². The van der Waals surface area contributed by atoms with Crippen LogP contribution in [0.4, 0.5) is 5.69 Å². The lowest BCUT2D eigenvalue weighted by atomic mass is 10.2. The molecule has 0 aromatic heterocycles. The maximum Gasteiger partial charge on any atom is 0.155 e. The Kier molecular flexibility index (Phi) is 3.61. The lowest BCUT2D eigenvalue weighted by molar-refractivity contribution is -0.112. The van der Waals surface area contributed by atoms with Gasteiger partial charge in [-0.3, -0.25) is 4.79 Å². The Hall–Kier alpha value is -2.00. The molecule has 1 aliphatic heterocycles. The van der Waals surface area contributed by atoms with Gasteiger partial charge in [0.2, 0.25) is 0 Å². The zero-order valence-corrected chi connectivity index (χ0v) is 12.1. The first-order valence-corrected chi connectivity index (χ1v) is 7.36. The van der Waals surface area contributed by atoms with Crippen LogP contribution in [0.25, 0.3) is 0 Å². The molecular formula is C17H15NOS. The van der Waals surface area contributed by atoms with Gasteiger partial charge in [0, 0.05) is 17.5 Å². The number of hydrogen-bond acceptors (Lipinski definition) is 3. The summed E-state index contributed by atoms with van der Waals surface area (Å²) in [6.45, 7) is 2.38. The number of fused-ring (bicyclic) bond motifs is 1. The molecule has 0 N–H and O–H groups in total. The normalized spacial score (nSPS) is 15.4. The highest BCUT2D eigenvalue weighted by Crippen LogP contribution is 2.46. The number of para-hydroxylation sites is 1. The second kappa shape index (κ2) is 5.55. The summed E-state index contributed by atoms with van der Waals surface area (Å²) < 4.78 is 0. The molecule has 0 radical (unpaired) electrons. The maximum absolute atomic E-state index is 11.4. The Morgan fingerprint density at radius 2 is 1.80 bits per heavy atom. The van der Waals surface area contributed by atoms with Crippen molar-refractivity contribution < 1.29 is 4.79 Å². The molecule has 1 aliphatic rings. The van der Waals surface area contributed by atoms with Gasteiger partial charge in [-0.1, -0.05) is 54.2 Å². The molecule has 3 heteroatoms. The van der Waals surface area contributed by atoms with Gasteiger partial charge < -0.3 is 4.90 Å². The second-order valence-corrected chi connectivity index (χ2v) is 5.80. The van der Waals surface area contributed by atoms with E-state index >= 15 is 0 Å². The van der Waals surface area contributed by atoms with E-state index < -0.39 is 0 Å². The summed E-state index contributed by atoms with van der Waals surface area (Å²) >= 11 is 1.66. The van der Waals surface area contributed by atoms with E-state index in [4.69, 9.17) is 0 Å². The Morgan fingerprint density at radius 1 is 1.10 bits per heavy atom. The summed E-state index contributed by atoms with van der Waals surface area (Å²) in [4.78, 5) is 14.8. The topological polar surface area (TPSA) is 20.3 Å². The maximum atomic E-state index is 11.4. The second-order valence-electron chi connectivity index (χ2n) is 4.73. The summed E-state index contributed by atoms with van der Waals surface area (Å²) in [6.07, 6.45) is 1.72. The minimum absolute atomic E-state index is 0.0818. The summed E-state index contributed by atoms with van der Waals surface area (Å²) in [7, 11) is 0. The number of rotatable bonds is 3. The highest BCUT2D eigenvalue weighted by atomic mass is 32.2. The van der Waals surface area contributed by atoms with Crippen molar-refractivity contribution in [1.29, 1.82) is 0 Å². The van der Waals surface area contributed by atoms with Gasteiger partial charge in [0.1, 0.15) is 0 Å². The number of anilines is 1. The van der Waals surface area contributed by atoms with Gasteiger partial charge in [0.25, 0.3) is 0 Å². The average molecular weight is 281 g/mol. The summed E-state index contributed by atoms with van der Waals surface area (Å²) in [5.41, 5.74) is 2.41. The largest absolute Gasteiger partial charge is 0.330 e. The van der Waals surface area contributed by atoms with Gasteiger partial charge in [0.05, 0.1) is 10.7 Å². The molecule has 0 atom stereocenters. The molecule has 100 valence electrons. The minimum Gasteiger partial charge on any atom is -0.330 e. The Bertz CT molecular complexity index is 664. The molecule has 3 rings (SSSR count). The van der Waals surface area contributed by atoms with Crippen LogP contribution < -0.4 is 4.90 Å². The third-order valence-corrected chi connectivity index (χ3v) is 4.26. The quantitative estimate of drug-likeness (QED) is 0.785. The number of nitrogens with zero attached hydrogens (tertiary/aromatic N) is 1. The highest BCUT2D eigenvalue weighted by Gasteiger charge is 2.24. The van der Waals surface area contributed by atoms with Gasteiger partial charge >= 0.3 is 0 Å². The van der Waals surface area contributed by atoms with E-state index in [0.29, 0.717) is 0 Å². The predicted molar refractivity (Wildman–Crippen MR) is 83.7 cm³/mol. The average Bonchev–Trinajstić information content (AvgIpc) is 2.77. The SMILES string of the molecule is CC(=O)C=C1Sc2ccccc2N1Cc1ccccc1.